The molecule has 4 rings (SSSR count). The number of carboxylic acid groups (broad SMARTS) is 1. The van der Waals surface area contributed by atoms with Crippen LogP contribution in [0.2, 0.25) is 0 Å². The number of thioether (sulfide) groups is 1. The van der Waals surface area contributed by atoms with Gasteiger partial charge in [0.1, 0.15) is 17.5 Å². The van der Waals surface area contributed by atoms with Gasteiger partial charge in [0.05, 0.1) is 0 Å². The molecule has 1 atom stereocenters. The number of carbonyl (C=O) groups excluding carboxylic acids is 1. The molecular weight excluding hydrogens is 513 g/mol. The Bertz CT molecular complexity index is 1470. The molecule has 4 aromatic carbocycles. The van der Waals surface area contributed by atoms with Crippen molar-refractivity contribution in [1.29, 1.82) is 0 Å². The molecule has 0 aliphatic heterocycles. The standard InChI is InChI=1S/C33H31NO4S.Li.H/c1-23-10-6-8-14-27(23)29-22-24(17-19-28(29)32(35)34-30(33(36)37)20-21-39-2)16-18-25-11-7-9-15-31(25)38-26-12-4-3-5-13-26;;/h3-19,22,30H,20-21H2,1-2H3,(H,34,35)(H,36,37);;. The third kappa shape index (κ3) is 8.16. The number of aliphatic carboxylic acids is 1. The van der Waals surface area contributed by atoms with Crippen LogP contribution in [0, 0.1) is 6.92 Å². The van der Waals surface area contributed by atoms with Crippen LogP contribution in [0.3, 0.4) is 0 Å². The minimum atomic E-state index is -1.04. The molecule has 0 fully saturated rings. The summed E-state index contributed by atoms with van der Waals surface area (Å²) in [7, 11) is 0. The average molecular weight is 546 g/mol. The van der Waals surface area contributed by atoms with Gasteiger partial charge in [-0.2, -0.15) is 11.8 Å². The number of hydrogen-bond acceptors (Lipinski definition) is 4. The summed E-state index contributed by atoms with van der Waals surface area (Å²) in [6.45, 7) is 2.00. The van der Waals surface area contributed by atoms with E-state index < -0.39 is 17.9 Å². The summed E-state index contributed by atoms with van der Waals surface area (Å²) in [5.74, 6) is 0.693. The fourth-order valence-electron chi connectivity index (χ4n) is 4.20. The quantitative estimate of drug-likeness (QED) is 0.158. The van der Waals surface area contributed by atoms with Gasteiger partial charge in [-0.15, -0.1) is 0 Å². The van der Waals surface area contributed by atoms with Gasteiger partial charge < -0.3 is 15.2 Å². The Balaban J connectivity index is 0.00000441. The van der Waals surface area contributed by atoms with Crippen LogP contribution in [0.5, 0.6) is 11.5 Å². The zero-order valence-electron chi connectivity index (χ0n) is 22.0. The number of carbonyl (C=O) groups is 2. The first kappa shape index (κ1) is 30.8. The van der Waals surface area contributed by atoms with Crippen molar-refractivity contribution in [3.05, 3.63) is 119 Å². The SMILES string of the molecule is CSCCC(NC(=O)c1ccc(C=Cc2ccccc2Oc2ccccc2)cc1-c1ccccc1C)C(=O)O.[LiH]. The van der Waals surface area contributed by atoms with Crippen LogP contribution in [0.4, 0.5) is 0 Å². The van der Waals surface area contributed by atoms with Crippen molar-refractivity contribution in [2.45, 2.75) is 19.4 Å². The van der Waals surface area contributed by atoms with Crippen LogP contribution >= 0.6 is 11.8 Å². The fourth-order valence-corrected chi connectivity index (χ4v) is 4.67. The Morgan fingerprint density at radius 3 is 2.33 bits per heavy atom. The van der Waals surface area contributed by atoms with Crippen molar-refractivity contribution in [2.24, 2.45) is 0 Å². The van der Waals surface area contributed by atoms with Crippen LogP contribution in [0.25, 0.3) is 23.3 Å². The summed E-state index contributed by atoms with van der Waals surface area (Å²) in [6.07, 6.45) is 6.23. The minimum absolute atomic E-state index is 0. The molecule has 0 aromatic heterocycles. The number of aryl methyl sites for hydroxylation is 1. The summed E-state index contributed by atoms with van der Waals surface area (Å²) >= 11 is 1.55. The van der Waals surface area contributed by atoms with E-state index in [0.29, 0.717) is 17.7 Å². The average Bonchev–Trinajstić information content (AvgIpc) is 2.95. The normalized spacial score (nSPS) is 11.4. The zero-order valence-corrected chi connectivity index (χ0v) is 22.8. The van der Waals surface area contributed by atoms with Crippen LogP contribution in [0.1, 0.15) is 33.5 Å². The van der Waals surface area contributed by atoms with E-state index in [0.717, 1.165) is 39.3 Å². The number of para-hydroxylation sites is 2. The molecule has 1 amide bonds. The van der Waals surface area contributed by atoms with Crippen molar-refractivity contribution >= 4 is 54.7 Å². The van der Waals surface area contributed by atoms with E-state index in [9.17, 15) is 14.7 Å². The maximum absolute atomic E-state index is 13.3. The second-order valence-electron chi connectivity index (χ2n) is 9.05. The number of carboxylic acids is 1. The summed E-state index contributed by atoms with van der Waals surface area (Å²) < 4.78 is 6.09. The summed E-state index contributed by atoms with van der Waals surface area (Å²) in [5, 5.41) is 12.3. The van der Waals surface area contributed by atoms with Crippen molar-refractivity contribution in [3.63, 3.8) is 0 Å². The molecule has 2 N–H and O–H groups in total. The number of hydrogen-bond donors (Lipinski definition) is 2. The van der Waals surface area contributed by atoms with E-state index in [1.807, 2.05) is 116 Å². The molecule has 0 spiro atoms. The van der Waals surface area contributed by atoms with E-state index in [1.165, 1.54) is 0 Å². The van der Waals surface area contributed by atoms with Gasteiger partial charge in [0.25, 0.3) is 5.91 Å². The molecule has 5 nitrogen and oxygen atoms in total. The molecule has 0 heterocycles. The predicted octanol–water partition coefficient (Wildman–Crippen LogP) is 6.91. The van der Waals surface area contributed by atoms with Gasteiger partial charge in [0.2, 0.25) is 0 Å². The predicted molar refractivity (Wildman–Crippen MR) is 168 cm³/mol. The van der Waals surface area contributed by atoms with E-state index in [2.05, 4.69) is 5.32 Å². The number of benzene rings is 4. The second-order valence-corrected chi connectivity index (χ2v) is 10.0. The Morgan fingerprint density at radius 2 is 1.60 bits per heavy atom. The Morgan fingerprint density at radius 1 is 0.900 bits per heavy atom. The Hall–Kier alpha value is -3.69. The van der Waals surface area contributed by atoms with Crippen molar-refractivity contribution < 1.29 is 19.4 Å². The van der Waals surface area contributed by atoms with E-state index in [-0.39, 0.29) is 18.9 Å². The zero-order chi connectivity index (χ0) is 27.6. The monoisotopic (exact) mass is 545 g/mol. The summed E-state index contributed by atoms with van der Waals surface area (Å²) in [6, 6.07) is 29.9. The number of nitrogens with one attached hydrogen (secondary N) is 1. The molecule has 0 aliphatic rings. The molecule has 0 aliphatic carbocycles. The first-order valence-corrected chi connectivity index (χ1v) is 14.1. The molecule has 0 saturated heterocycles. The van der Waals surface area contributed by atoms with Gasteiger partial charge in [0.15, 0.2) is 0 Å². The fraction of sp³-hybridized carbons (Fsp3) is 0.152. The van der Waals surface area contributed by atoms with Crippen LogP contribution < -0.4 is 10.1 Å². The molecule has 0 saturated carbocycles. The van der Waals surface area contributed by atoms with Gasteiger partial charge in [-0.1, -0.05) is 78.9 Å². The molecule has 0 radical (unpaired) electrons. The third-order valence-corrected chi connectivity index (χ3v) is 6.93. The summed E-state index contributed by atoms with van der Waals surface area (Å²) in [5.41, 5.74) is 4.93. The topological polar surface area (TPSA) is 75.6 Å². The van der Waals surface area contributed by atoms with E-state index in [4.69, 9.17) is 4.74 Å². The van der Waals surface area contributed by atoms with Crippen molar-refractivity contribution in [1.82, 2.24) is 5.32 Å². The molecule has 40 heavy (non-hydrogen) atoms. The van der Waals surface area contributed by atoms with Crippen LogP contribution in [0.15, 0.2) is 97.1 Å². The molecule has 1 unspecified atom stereocenters. The Labute approximate surface area is 251 Å². The molecule has 0 bridgehead atoms. The maximum atomic E-state index is 13.3. The van der Waals surface area contributed by atoms with Gasteiger partial charge in [-0.25, -0.2) is 4.79 Å². The van der Waals surface area contributed by atoms with Crippen LogP contribution in [-0.4, -0.2) is 53.9 Å². The molecular formula is C33H32LiNO4S. The molecule has 4 aromatic rings. The number of amides is 1. The van der Waals surface area contributed by atoms with Gasteiger partial charge in [-0.3, -0.25) is 4.79 Å². The summed E-state index contributed by atoms with van der Waals surface area (Å²) in [4.78, 5) is 25.1. The third-order valence-electron chi connectivity index (χ3n) is 6.28. The number of rotatable bonds is 11. The van der Waals surface area contributed by atoms with Crippen molar-refractivity contribution in [2.75, 3.05) is 12.0 Å². The molecule has 7 heteroatoms. The Kier molecular flexibility index (Phi) is 11.7. The first-order chi connectivity index (χ1) is 19.0. The van der Waals surface area contributed by atoms with E-state index in [1.54, 1.807) is 17.8 Å². The second kappa shape index (κ2) is 15.2. The van der Waals surface area contributed by atoms with Gasteiger partial charge in [-0.05, 0) is 77.9 Å². The van der Waals surface area contributed by atoms with Gasteiger partial charge in [0, 0.05) is 11.1 Å². The van der Waals surface area contributed by atoms with Gasteiger partial charge >= 0.3 is 24.8 Å². The number of ether oxygens (including phenoxy) is 1. The molecule has 200 valence electrons. The van der Waals surface area contributed by atoms with Crippen molar-refractivity contribution in [3.8, 4) is 22.6 Å². The first-order valence-electron chi connectivity index (χ1n) is 12.7. The van der Waals surface area contributed by atoms with Crippen LogP contribution in [-0.2, 0) is 4.79 Å². The van der Waals surface area contributed by atoms with E-state index >= 15 is 0 Å².